The lowest BCUT2D eigenvalue weighted by Gasteiger charge is -1.74. The zero-order valence-electron chi connectivity index (χ0n) is 6.16. The Morgan fingerprint density at radius 2 is 2.00 bits per heavy atom. The monoisotopic (exact) mass is 146 g/mol. The highest BCUT2D eigenvalue weighted by molar-refractivity contribution is 7.23. The summed E-state index contributed by atoms with van der Waals surface area (Å²) in [6, 6.07) is 4.04. The molecule has 4 radical (unpaired) electrons. The van der Waals surface area contributed by atoms with Crippen LogP contribution in [0.1, 0.15) is 6.92 Å². The van der Waals surface area contributed by atoms with Gasteiger partial charge in [-0.1, -0.05) is 25.4 Å². The van der Waals surface area contributed by atoms with Crippen LogP contribution in [-0.2, 0) is 0 Å². The van der Waals surface area contributed by atoms with Crippen molar-refractivity contribution in [3.05, 3.63) is 22.9 Å². The third-order valence-corrected chi connectivity index (χ3v) is 1.43. The molecule has 0 aliphatic heterocycles. The third-order valence-electron chi connectivity index (χ3n) is 0.797. The van der Waals surface area contributed by atoms with Gasteiger partial charge in [-0.15, -0.1) is 0 Å². The van der Waals surface area contributed by atoms with E-state index in [4.69, 9.17) is 7.74 Å². The van der Waals surface area contributed by atoms with E-state index < -0.39 is 0 Å². The van der Waals surface area contributed by atoms with Crippen molar-refractivity contribution >= 4 is 33.3 Å². The Hall–Kier alpha value is -0.105. The summed E-state index contributed by atoms with van der Waals surface area (Å²) >= 11 is 1.71. The molecule has 0 saturated carbocycles. The summed E-state index contributed by atoms with van der Waals surface area (Å²) in [7, 11) is 8.42. The van der Waals surface area contributed by atoms with Gasteiger partial charge in [0.05, 0.1) is 7.17 Å². The van der Waals surface area contributed by atoms with Crippen LogP contribution in [0, 0.1) is 0 Å². The van der Waals surface area contributed by atoms with E-state index in [1.807, 2.05) is 37.0 Å². The summed E-state index contributed by atoms with van der Waals surface area (Å²) in [5, 5.41) is 4.08. The third kappa shape index (κ3) is 7.89. The van der Waals surface area contributed by atoms with Crippen LogP contribution in [-0.4, -0.2) is 22.0 Å². The maximum atomic E-state index is 4.96. The molecule has 0 atom stereocenters. The average Bonchev–Trinajstić information content (AvgIpc) is 2.44. The smallest absolute Gasteiger partial charge is 0.0541 e. The van der Waals surface area contributed by atoms with Crippen molar-refractivity contribution in [2.24, 2.45) is 0 Å². The van der Waals surface area contributed by atoms with Crippen LogP contribution in [0.5, 0.6) is 0 Å². The van der Waals surface area contributed by atoms with Crippen molar-refractivity contribution in [2.75, 3.05) is 0 Å². The van der Waals surface area contributed by atoms with Gasteiger partial charge in [-0.3, -0.25) is 0 Å². The van der Waals surface area contributed by atoms with Gasteiger partial charge in [0.25, 0.3) is 0 Å². The Morgan fingerprint density at radius 3 is 2.10 bits per heavy atom. The van der Waals surface area contributed by atoms with E-state index in [1.165, 1.54) is 0 Å². The van der Waals surface area contributed by atoms with Gasteiger partial charge in [-0.25, -0.2) is 0 Å². The Bertz CT molecular complexity index is 99.3. The topological polar surface area (TPSA) is 0 Å². The van der Waals surface area contributed by atoms with Crippen LogP contribution in [0.2, 0.25) is 6.32 Å². The van der Waals surface area contributed by atoms with Crippen molar-refractivity contribution in [2.45, 2.75) is 13.2 Å². The van der Waals surface area contributed by atoms with E-state index in [-0.39, 0.29) is 0 Å². The molecule has 0 spiro atoms. The maximum Gasteiger partial charge on any atom is 0.0541 e. The van der Waals surface area contributed by atoms with E-state index >= 15 is 0 Å². The minimum atomic E-state index is 1.04. The van der Waals surface area contributed by atoms with Gasteiger partial charge in [0.2, 0.25) is 0 Å². The van der Waals surface area contributed by atoms with Gasteiger partial charge < -0.3 is 0 Å². The normalized spacial score (nSPS) is 7.30. The predicted molar refractivity (Wildman–Crippen MR) is 52.1 cm³/mol. The molecular weight excluding hydrogens is 137 g/mol. The van der Waals surface area contributed by atoms with Crippen LogP contribution >= 0.6 is 11.3 Å². The molecule has 0 unspecified atom stereocenters. The summed E-state index contributed by atoms with van der Waals surface area (Å²) in [6.07, 6.45) is 1.04. The van der Waals surface area contributed by atoms with E-state index in [9.17, 15) is 0 Å². The second kappa shape index (κ2) is 8.89. The van der Waals surface area contributed by atoms with E-state index in [0.29, 0.717) is 0 Å². The van der Waals surface area contributed by atoms with Crippen molar-refractivity contribution < 1.29 is 0 Å². The first-order valence-electron chi connectivity index (χ1n) is 3.25. The highest BCUT2D eigenvalue weighted by atomic mass is 32.1. The largest absolute Gasteiger partial charge is 0.152 e. The quantitative estimate of drug-likeness (QED) is 0.555. The minimum absolute atomic E-state index is 1.04. The molecule has 1 aromatic rings. The number of rotatable bonds is 2. The molecule has 0 bridgehead atoms. The van der Waals surface area contributed by atoms with Gasteiger partial charge in [0, 0.05) is 14.8 Å². The van der Waals surface area contributed by atoms with Gasteiger partial charge >= 0.3 is 0 Å². The highest BCUT2D eigenvalue weighted by Crippen LogP contribution is 1.91. The Labute approximate surface area is 69.9 Å². The lowest BCUT2D eigenvalue weighted by molar-refractivity contribution is 1.47. The van der Waals surface area contributed by atoms with Crippen molar-refractivity contribution in [1.82, 2.24) is 0 Å². The van der Waals surface area contributed by atoms with E-state index in [0.717, 1.165) is 6.32 Å². The molecule has 1 aromatic heterocycles. The second-order valence-electron chi connectivity index (χ2n) is 1.63. The number of thiophene rings is 1. The Balaban J connectivity index is 0.000000162. The maximum absolute atomic E-state index is 4.96. The molecule has 0 N–H and O–H groups in total. The second-order valence-corrected chi connectivity index (χ2v) is 2.45. The standard InChI is InChI=1S/C4H4S.C2H5B3/c1-2-4-5-3-1;1-2-4-5-3/h1-4H;2H2,1H3. The number of hydrogen-bond acceptors (Lipinski definition) is 1. The van der Waals surface area contributed by atoms with Crippen LogP contribution in [0.15, 0.2) is 22.9 Å². The molecular formula is C6H9B3S. The fraction of sp³-hybridized carbons (Fsp3) is 0.333. The van der Waals surface area contributed by atoms with Crippen molar-refractivity contribution in [3.8, 4) is 0 Å². The summed E-state index contributed by atoms with van der Waals surface area (Å²) in [5.41, 5.74) is 0. The van der Waals surface area contributed by atoms with Crippen molar-refractivity contribution in [3.63, 3.8) is 0 Å². The summed E-state index contributed by atoms with van der Waals surface area (Å²) in [4.78, 5) is 0. The molecule has 4 heteroatoms. The first-order chi connectivity index (χ1) is 4.91. The average molecular weight is 146 g/mol. The Kier molecular flexibility index (Phi) is 8.80. The zero-order valence-corrected chi connectivity index (χ0v) is 6.97. The van der Waals surface area contributed by atoms with E-state index in [2.05, 4.69) is 0 Å². The predicted octanol–water partition coefficient (Wildman–Crippen LogP) is 1.58. The van der Waals surface area contributed by atoms with Gasteiger partial charge in [-0.05, 0) is 10.8 Å². The van der Waals surface area contributed by atoms with Crippen LogP contribution < -0.4 is 0 Å². The van der Waals surface area contributed by atoms with E-state index in [1.54, 1.807) is 18.4 Å². The zero-order chi connectivity index (χ0) is 7.66. The first kappa shape index (κ1) is 9.89. The molecule has 48 valence electrons. The van der Waals surface area contributed by atoms with Crippen LogP contribution in [0.25, 0.3) is 0 Å². The highest BCUT2D eigenvalue weighted by Gasteiger charge is 1.73. The fourth-order valence-corrected chi connectivity index (χ4v) is 0.816. The summed E-state index contributed by atoms with van der Waals surface area (Å²) < 4.78 is 0. The molecule has 0 aromatic carbocycles. The molecule has 1 heterocycles. The molecule has 0 fully saturated rings. The van der Waals surface area contributed by atoms with Crippen LogP contribution in [0.3, 0.4) is 0 Å². The molecule has 0 amide bonds. The number of hydrogen-bond donors (Lipinski definition) is 0. The molecule has 10 heavy (non-hydrogen) atoms. The molecule has 0 saturated heterocycles. The molecule has 1 rings (SSSR count). The SMILES string of the molecule is [B][B][B]CC.c1ccsc1. The lowest BCUT2D eigenvalue weighted by atomic mass is 9.27. The lowest BCUT2D eigenvalue weighted by Crippen LogP contribution is -1.98. The minimum Gasteiger partial charge on any atom is -0.152 e. The van der Waals surface area contributed by atoms with Crippen LogP contribution in [0.4, 0.5) is 0 Å². The van der Waals surface area contributed by atoms with Gasteiger partial charge in [-0.2, -0.15) is 11.3 Å². The first-order valence-corrected chi connectivity index (χ1v) is 4.20. The molecule has 0 aliphatic carbocycles. The van der Waals surface area contributed by atoms with Gasteiger partial charge in [0.1, 0.15) is 0 Å². The summed E-state index contributed by atoms with van der Waals surface area (Å²) in [6.45, 7) is 2.04. The van der Waals surface area contributed by atoms with Gasteiger partial charge in [0.15, 0.2) is 0 Å². The van der Waals surface area contributed by atoms with Crippen molar-refractivity contribution in [1.29, 1.82) is 0 Å². The molecule has 0 aliphatic rings. The summed E-state index contributed by atoms with van der Waals surface area (Å²) in [5.74, 6) is 0. The Morgan fingerprint density at radius 1 is 1.40 bits per heavy atom. The molecule has 0 nitrogen and oxygen atoms in total. The fourth-order valence-electron chi connectivity index (χ4n) is 0.363.